The molecule has 27 heavy (non-hydrogen) atoms. The van der Waals surface area contributed by atoms with Crippen molar-refractivity contribution in [2.24, 2.45) is 5.92 Å². The van der Waals surface area contributed by atoms with Gasteiger partial charge in [-0.1, -0.05) is 0 Å². The summed E-state index contributed by atoms with van der Waals surface area (Å²) < 4.78 is 29.3. The molecule has 2 fully saturated rings. The molecular formula is C18H21F2N7. The maximum atomic E-state index is 13.7. The first kappa shape index (κ1) is 17.6. The van der Waals surface area contributed by atoms with Gasteiger partial charge in [-0.25, -0.2) is 13.8 Å². The van der Waals surface area contributed by atoms with Crippen molar-refractivity contribution in [2.45, 2.75) is 44.1 Å². The molecule has 0 aliphatic heterocycles. The summed E-state index contributed by atoms with van der Waals surface area (Å²) in [6.45, 7) is 0.826. The fourth-order valence-electron chi connectivity index (χ4n) is 3.24. The van der Waals surface area contributed by atoms with Gasteiger partial charge in [-0.3, -0.25) is 4.68 Å². The van der Waals surface area contributed by atoms with Gasteiger partial charge in [0.05, 0.1) is 35.0 Å². The summed E-state index contributed by atoms with van der Waals surface area (Å²) in [6, 6.07) is 2.39. The van der Waals surface area contributed by atoms with E-state index >= 15 is 0 Å². The molecule has 0 saturated heterocycles. The van der Waals surface area contributed by atoms with E-state index in [9.17, 15) is 8.78 Å². The van der Waals surface area contributed by atoms with Gasteiger partial charge in [-0.2, -0.15) is 15.3 Å². The summed E-state index contributed by atoms with van der Waals surface area (Å²) in [4.78, 5) is 10.2. The summed E-state index contributed by atoms with van der Waals surface area (Å²) in [6.07, 6.45) is 6.05. The van der Waals surface area contributed by atoms with Crippen LogP contribution in [0.4, 0.5) is 26.2 Å². The minimum absolute atomic E-state index is 0.00771. The zero-order valence-electron chi connectivity index (χ0n) is 15.4. The molecule has 2 aromatic heterocycles. The zero-order chi connectivity index (χ0) is 19.3. The summed E-state index contributed by atoms with van der Waals surface area (Å²) >= 11 is 0. The van der Waals surface area contributed by atoms with Gasteiger partial charge in [-0.15, -0.1) is 0 Å². The Labute approximate surface area is 156 Å². The Morgan fingerprint density at radius 2 is 2.15 bits per heavy atom. The van der Waals surface area contributed by atoms with Gasteiger partial charge in [0.25, 0.3) is 5.92 Å². The van der Waals surface area contributed by atoms with Crippen LogP contribution in [0.15, 0.2) is 12.4 Å². The van der Waals surface area contributed by atoms with Gasteiger partial charge in [0.15, 0.2) is 0 Å². The topological polar surface area (TPSA) is 82.7 Å². The molecule has 1 N–H and O–H groups in total. The summed E-state index contributed by atoms with van der Waals surface area (Å²) in [7, 11) is 3.37. The Kier molecular flexibility index (Phi) is 4.02. The first-order valence-electron chi connectivity index (χ1n) is 8.99. The fourth-order valence-corrected chi connectivity index (χ4v) is 3.24. The number of nitrogens with zero attached hydrogens (tertiary/aromatic N) is 6. The number of aromatic nitrogens is 4. The van der Waals surface area contributed by atoms with Gasteiger partial charge < -0.3 is 10.2 Å². The van der Waals surface area contributed by atoms with Crippen LogP contribution in [0.5, 0.6) is 0 Å². The second-order valence-electron chi connectivity index (χ2n) is 7.32. The van der Waals surface area contributed by atoms with E-state index in [1.807, 2.05) is 10.9 Å². The van der Waals surface area contributed by atoms with E-state index in [4.69, 9.17) is 10.4 Å². The lowest BCUT2D eigenvalue weighted by molar-refractivity contribution is 0.0176. The highest BCUT2D eigenvalue weighted by molar-refractivity contribution is 5.62. The first-order valence-corrected chi connectivity index (χ1v) is 8.99. The second kappa shape index (κ2) is 6.15. The van der Waals surface area contributed by atoms with Crippen LogP contribution in [0.1, 0.15) is 49.4 Å². The lowest BCUT2D eigenvalue weighted by atomic mass is 10.2. The average Bonchev–Trinajstić information content (AvgIpc) is 3.57. The van der Waals surface area contributed by atoms with Crippen molar-refractivity contribution < 1.29 is 8.78 Å². The van der Waals surface area contributed by atoms with Crippen LogP contribution in [-0.4, -0.2) is 33.8 Å². The molecule has 0 spiro atoms. The number of alkyl halides is 2. The Morgan fingerprint density at radius 1 is 1.41 bits per heavy atom. The van der Waals surface area contributed by atoms with Crippen LogP contribution in [0, 0.1) is 17.2 Å². The molecule has 2 aliphatic carbocycles. The van der Waals surface area contributed by atoms with Crippen molar-refractivity contribution in [3.05, 3.63) is 23.7 Å². The molecule has 2 aliphatic rings. The van der Waals surface area contributed by atoms with E-state index < -0.39 is 5.92 Å². The molecular weight excluding hydrogens is 352 g/mol. The van der Waals surface area contributed by atoms with Crippen LogP contribution >= 0.6 is 0 Å². The van der Waals surface area contributed by atoms with Gasteiger partial charge in [0, 0.05) is 39.3 Å². The van der Waals surface area contributed by atoms with Crippen molar-refractivity contribution in [1.29, 1.82) is 5.26 Å². The van der Waals surface area contributed by atoms with Crippen LogP contribution in [0.3, 0.4) is 0 Å². The van der Waals surface area contributed by atoms with Gasteiger partial charge in [-0.05, 0) is 19.3 Å². The molecule has 142 valence electrons. The molecule has 9 heteroatoms. The molecule has 0 radical (unpaired) electrons. The SMILES string of the molecule is CNc1nc(N(C)c2cn(C3CC3C#N)nc2C2CC2)ncc1C(C)(F)F. The molecule has 0 bridgehead atoms. The first-order chi connectivity index (χ1) is 12.8. The van der Waals surface area contributed by atoms with E-state index in [1.54, 1.807) is 19.0 Å². The minimum atomic E-state index is -3.03. The Balaban J connectivity index is 1.68. The third-order valence-corrected chi connectivity index (χ3v) is 5.11. The fraction of sp³-hybridized carbons (Fsp3) is 0.556. The number of rotatable bonds is 6. The van der Waals surface area contributed by atoms with E-state index in [2.05, 4.69) is 21.4 Å². The predicted molar refractivity (Wildman–Crippen MR) is 96.2 cm³/mol. The normalized spacial score (nSPS) is 21.6. The Morgan fingerprint density at radius 3 is 2.70 bits per heavy atom. The van der Waals surface area contributed by atoms with Crippen molar-refractivity contribution >= 4 is 17.5 Å². The molecule has 2 heterocycles. The molecule has 0 aromatic carbocycles. The van der Waals surface area contributed by atoms with Crippen molar-refractivity contribution in [1.82, 2.24) is 19.7 Å². The number of nitrogens with one attached hydrogen (secondary N) is 1. The Hall–Kier alpha value is -2.76. The highest BCUT2D eigenvalue weighted by Gasteiger charge is 2.42. The predicted octanol–water partition coefficient (Wildman–Crippen LogP) is 3.56. The number of hydrogen-bond donors (Lipinski definition) is 1. The minimum Gasteiger partial charge on any atom is -0.373 e. The van der Waals surface area contributed by atoms with Crippen LogP contribution in [0.2, 0.25) is 0 Å². The van der Waals surface area contributed by atoms with Crippen LogP contribution < -0.4 is 10.2 Å². The number of halogens is 2. The van der Waals surface area contributed by atoms with Gasteiger partial charge in [0.2, 0.25) is 5.95 Å². The third-order valence-electron chi connectivity index (χ3n) is 5.11. The summed E-state index contributed by atoms with van der Waals surface area (Å²) in [5.74, 6) is -2.20. The van der Waals surface area contributed by atoms with E-state index in [0.29, 0.717) is 11.9 Å². The summed E-state index contributed by atoms with van der Waals surface area (Å²) in [5.41, 5.74) is 1.58. The van der Waals surface area contributed by atoms with Crippen LogP contribution in [0.25, 0.3) is 0 Å². The van der Waals surface area contributed by atoms with Gasteiger partial charge in [0.1, 0.15) is 5.82 Å². The van der Waals surface area contributed by atoms with Crippen molar-refractivity contribution in [3.8, 4) is 6.07 Å². The zero-order valence-corrected chi connectivity index (χ0v) is 15.4. The van der Waals surface area contributed by atoms with Crippen molar-refractivity contribution in [2.75, 3.05) is 24.3 Å². The lowest BCUT2D eigenvalue weighted by Gasteiger charge is -2.20. The Bertz CT molecular complexity index is 907. The lowest BCUT2D eigenvalue weighted by Crippen LogP contribution is -2.18. The molecule has 2 atom stereocenters. The highest BCUT2D eigenvalue weighted by Crippen LogP contribution is 2.48. The average molecular weight is 373 g/mol. The summed E-state index contributed by atoms with van der Waals surface area (Å²) in [5, 5.41) is 16.5. The standard InChI is InChI=1S/C18H21F2N7/c1-18(19,20)12-8-23-17(24-16(12)22-2)26(3)14-9-27(13-6-11(13)7-21)25-15(14)10-4-5-10/h8-11,13H,4-6H2,1-3H3,(H,22,23,24). The quantitative estimate of drug-likeness (QED) is 0.834. The number of hydrogen-bond acceptors (Lipinski definition) is 6. The third kappa shape index (κ3) is 3.20. The van der Waals surface area contributed by atoms with E-state index in [1.165, 1.54) is 6.20 Å². The molecule has 2 unspecified atom stereocenters. The number of nitriles is 1. The second-order valence-corrected chi connectivity index (χ2v) is 7.32. The highest BCUT2D eigenvalue weighted by atomic mass is 19.3. The smallest absolute Gasteiger partial charge is 0.275 e. The molecule has 2 saturated carbocycles. The molecule has 2 aromatic rings. The molecule has 7 nitrogen and oxygen atoms in total. The number of anilines is 3. The van der Waals surface area contributed by atoms with Gasteiger partial charge >= 0.3 is 0 Å². The van der Waals surface area contributed by atoms with Crippen LogP contribution in [-0.2, 0) is 5.92 Å². The monoisotopic (exact) mass is 373 g/mol. The maximum Gasteiger partial charge on any atom is 0.275 e. The van der Waals surface area contributed by atoms with E-state index in [-0.39, 0.29) is 23.3 Å². The van der Waals surface area contributed by atoms with Crippen molar-refractivity contribution in [3.63, 3.8) is 0 Å². The maximum absolute atomic E-state index is 13.7. The largest absolute Gasteiger partial charge is 0.373 e. The molecule has 0 amide bonds. The van der Waals surface area contributed by atoms with E-state index in [0.717, 1.165) is 37.6 Å². The molecule has 4 rings (SSSR count).